The van der Waals surface area contributed by atoms with E-state index >= 15 is 0 Å². The average Bonchev–Trinajstić information content (AvgIpc) is 2.59. The van der Waals surface area contributed by atoms with Gasteiger partial charge in [0, 0.05) is 12.5 Å². The first-order chi connectivity index (χ1) is 11.6. The van der Waals surface area contributed by atoms with Gasteiger partial charge in [-0.2, -0.15) is 0 Å². The highest BCUT2D eigenvalue weighted by Gasteiger charge is 2.51. The number of rotatable bonds is 4. The summed E-state index contributed by atoms with van der Waals surface area (Å²) in [7, 11) is 0. The maximum absolute atomic E-state index is 11.5. The number of carbonyl (C=O) groups excluding carboxylic acids is 1. The molecule has 0 aromatic heterocycles. The highest BCUT2D eigenvalue weighted by Crippen LogP contribution is 2.37. The predicted octanol–water partition coefficient (Wildman–Crippen LogP) is 1.87. The van der Waals surface area contributed by atoms with Crippen LogP contribution in [0.2, 0.25) is 0 Å². The summed E-state index contributed by atoms with van der Waals surface area (Å²) in [4.78, 5) is 11.5. The quantitative estimate of drug-likeness (QED) is 0.828. The molecule has 24 heavy (non-hydrogen) atoms. The Kier molecular flexibility index (Phi) is 5.78. The molecule has 0 saturated carbocycles. The van der Waals surface area contributed by atoms with Crippen molar-refractivity contribution in [3.05, 3.63) is 35.9 Å². The second kappa shape index (κ2) is 7.84. The van der Waals surface area contributed by atoms with Crippen molar-refractivity contribution in [2.24, 2.45) is 0 Å². The molecule has 1 aromatic rings. The Balaban J connectivity index is 1.79. The number of esters is 1. The van der Waals surface area contributed by atoms with Crippen molar-refractivity contribution >= 4 is 17.7 Å². The zero-order chi connectivity index (χ0) is 17.1. The van der Waals surface area contributed by atoms with Crippen molar-refractivity contribution in [1.82, 2.24) is 0 Å². The molecule has 2 heterocycles. The lowest BCUT2D eigenvalue weighted by Crippen LogP contribution is -2.62. The first-order valence-corrected chi connectivity index (χ1v) is 9.09. The van der Waals surface area contributed by atoms with Crippen molar-refractivity contribution in [1.29, 1.82) is 0 Å². The molecule has 0 spiro atoms. The normalized spacial score (nSPS) is 36.0. The molecule has 0 aliphatic carbocycles. The zero-order valence-corrected chi connectivity index (χ0v) is 14.5. The Bertz CT molecular complexity index is 553. The predicted molar refractivity (Wildman–Crippen MR) is 88.4 cm³/mol. The number of ether oxygens (including phenoxy) is 4. The second-order valence-corrected chi connectivity index (χ2v) is 7.11. The van der Waals surface area contributed by atoms with Gasteiger partial charge in [0.2, 0.25) is 0 Å². The largest absolute Gasteiger partial charge is 0.457 e. The van der Waals surface area contributed by atoms with Crippen LogP contribution in [0.3, 0.4) is 0 Å². The average molecular weight is 354 g/mol. The highest BCUT2D eigenvalue weighted by atomic mass is 32.2. The topological polar surface area (TPSA) is 74.2 Å². The second-order valence-electron chi connectivity index (χ2n) is 5.74. The van der Waals surface area contributed by atoms with E-state index in [0.29, 0.717) is 6.61 Å². The molecule has 2 fully saturated rings. The Morgan fingerprint density at radius 1 is 1.33 bits per heavy atom. The van der Waals surface area contributed by atoms with Gasteiger partial charge in [-0.3, -0.25) is 4.79 Å². The zero-order valence-electron chi connectivity index (χ0n) is 13.7. The first-order valence-electron chi connectivity index (χ1n) is 8.04. The van der Waals surface area contributed by atoms with Gasteiger partial charge in [0.25, 0.3) is 0 Å². The van der Waals surface area contributed by atoms with Crippen LogP contribution < -0.4 is 0 Å². The number of carbonyl (C=O) groups is 1. The molecule has 6 nitrogen and oxygen atoms in total. The van der Waals surface area contributed by atoms with Crippen LogP contribution in [0, 0.1) is 0 Å². The van der Waals surface area contributed by atoms with Crippen LogP contribution in [0.4, 0.5) is 0 Å². The molecule has 1 N–H and O–H groups in total. The minimum absolute atomic E-state index is 0.315. The lowest BCUT2D eigenvalue weighted by Gasteiger charge is -2.47. The summed E-state index contributed by atoms with van der Waals surface area (Å²) >= 11 is 1.47. The minimum Gasteiger partial charge on any atom is -0.457 e. The molecule has 0 radical (unpaired) electrons. The summed E-state index contributed by atoms with van der Waals surface area (Å²) < 4.78 is 23.0. The molecule has 0 bridgehead atoms. The Labute approximate surface area is 145 Å². The van der Waals surface area contributed by atoms with Crippen LogP contribution in [-0.2, 0) is 23.7 Å². The number of thioether (sulfide) groups is 1. The van der Waals surface area contributed by atoms with E-state index in [4.69, 9.17) is 18.9 Å². The minimum atomic E-state index is -0.949. The van der Waals surface area contributed by atoms with Gasteiger partial charge in [0.05, 0.1) is 6.61 Å². The molecule has 2 aliphatic rings. The summed E-state index contributed by atoms with van der Waals surface area (Å²) in [5.41, 5.74) is 0.401. The van der Waals surface area contributed by atoms with Gasteiger partial charge >= 0.3 is 5.97 Å². The maximum Gasteiger partial charge on any atom is 0.303 e. The van der Waals surface area contributed by atoms with E-state index < -0.39 is 36.0 Å². The van der Waals surface area contributed by atoms with E-state index in [2.05, 4.69) is 0 Å². The molecule has 6 atom stereocenters. The van der Waals surface area contributed by atoms with Crippen LogP contribution in [-0.4, -0.2) is 53.3 Å². The van der Waals surface area contributed by atoms with Gasteiger partial charge in [-0.15, -0.1) is 11.8 Å². The van der Waals surface area contributed by atoms with Gasteiger partial charge in [-0.05, 0) is 5.75 Å². The molecule has 2 saturated heterocycles. The number of aliphatic hydroxyl groups is 1. The Morgan fingerprint density at radius 3 is 2.75 bits per heavy atom. The molecular formula is C17H22O6S. The SMILES string of the molecule is CCS[C@@H]1O[C@@H]2COC(c3ccccc3)O[C@@H]2[C@H](OC(C)=O)[C@H]1O. The van der Waals surface area contributed by atoms with E-state index in [-0.39, 0.29) is 6.10 Å². The number of fused-ring (bicyclic) bond motifs is 1. The molecule has 7 heteroatoms. The molecular weight excluding hydrogens is 332 g/mol. The lowest BCUT2D eigenvalue weighted by molar-refractivity contribution is -0.319. The summed E-state index contributed by atoms with van der Waals surface area (Å²) in [6.07, 6.45) is -3.26. The number of hydrogen-bond acceptors (Lipinski definition) is 7. The lowest BCUT2D eigenvalue weighted by atomic mass is 9.98. The Morgan fingerprint density at radius 2 is 2.08 bits per heavy atom. The monoisotopic (exact) mass is 354 g/mol. The molecule has 3 rings (SSSR count). The molecule has 2 aliphatic heterocycles. The van der Waals surface area contributed by atoms with E-state index in [0.717, 1.165) is 11.3 Å². The van der Waals surface area contributed by atoms with Gasteiger partial charge in [-0.1, -0.05) is 37.3 Å². The van der Waals surface area contributed by atoms with Crippen molar-refractivity contribution in [2.75, 3.05) is 12.4 Å². The first kappa shape index (κ1) is 17.7. The maximum atomic E-state index is 11.5. The summed E-state index contributed by atoms with van der Waals surface area (Å²) in [6, 6.07) is 9.52. The number of benzene rings is 1. The standard InChI is InChI=1S/C17H22O6S/c1-3-24-17-13(19)15(21-10(2)18)14-12(22-17)9-20-16(23-14)11-7-5-4-6-8-11/h4-8,12-17,19H,3,9H2,1-2H3/t12-,13-,14+,15-,16?,17+/m1/s1. The van der Waals surface area contributed by atoms with E-state index in [1.54, 1.807) is 0 Å². The summed E-state index contributed by atoms with van der Waals surface area (Å²) in [5, 5.41) is 10.6. The fourth-order valence-corrected chi connectivity index (χ4v) is 3.87. The molecule has 1 unspecified atom stereocenters. The summed E-state index contributed by atoms with van der Waals surface area (Å²) in [6.45, 7) is 3.62. The van der Waals surface area contributed by atoms with Gasteiger partial charge in [-0.25, -0.2) is 0 Å². The highest BCUT2D eigenvalue weighted by molar-refractivity contribution is 7.99. The molecule has 1 aromatic carbocycles. The van der Waals surface area contributed by atoms with Gasteiger partial charge in [0.15, 0.2) is 12.4 Å². The number of aliphatic hydroxyl groups excluding tert-OH is 1. The van der Waals surface area contributed by atoms with Crippen LogP contribution >= 0.6 is 11.8 Å². The van der Waals surface area contributed by atoms with Crippen LogP contribution in [0.5, 0.6) is 0 Å². The fourth-order valence-electron chi connectivity index (χ4n) is 2.97. The van der Waals surface area contributed by atoms with Crippen molar-refractivity contribution in [2.45, 2.75) is 50.0 Å². The van der Waals surface area contributed by atoms with Crippen molar-refractivity contribution in [3.63, 3.8) is 0 Å². The van der Waals surface area contributed by atoms with Crippen molar-refractivity contribution < 1.29 is 28.8 Å². The van der Waals surface area contributed by atoms with E-state index in [9.17, 15) is 9.90 Å². The van der Waals surface area contributed by atoms with E-state index in [1.807, 2.05) is 37.3 Å². The number of hydrogen-bond donors (Lipinski definition) is 1. The van der Waals surface area contributed by atoms with Crippen LogP contribution in [0.25, 0.3) is 0 Å². The third kappa shape index (κ3) is 3.75. The van der Waals surface area contributed by atoms with Crippen LogP contribution in [0.1, 0.15) is 25.7 Å². The van der Waals surface area contributed by atoms with Gasteiger partial charge in [0.1, 0.15) is 23.7 Å². The summed E-state index contributed by atoms with van der Waals surface area (Å²) in [5.74, 6) is 0.326. The van der Waals surface area contributed by atoms with Crippen molar-refractivity contribution in [3.8, 4) is 0 Å². The molecule has 132 valence electrons. The third-order valence-electron chi connectivity index (χ3n) is 4.01. The van der Waals surface area contributed by atoms with E-state index in [1.165, 1.54) is 18.7 Å². The third-order valence-corrected chi connectivity index (χ3v) is 5.06. The fraction of sp³-hybridized carbons (Fsp3) is 0.588. The van der Waals surface area contributed by atoms with Gasteiger partial charge < -0.3 is 24.1 Å². The Hall–Kier alpha value is -1.12. The smallest absolute Gasteiger partial charge is 0.303 e. The molecule has 0 amide bonds. The van der Waals surface area contributed by atoms with Crippen LogP contribution in [0.15, 0.2) is 30.3 Å².